The van der Waals surface area contributed by atoms with Gasteiger partial charge in [-0.05, 0) is 31.6 Å². The van der Waals surface area contributed by atoms with E-state index in [1.54, 1.807) is 0 Å². The van der Waals surface area contributed by atoms with Crippen molar-refractivity contribution in [3.05, 3.63) is 0 Å². The smallest absolute Gasteiger partial charge is 0.311 e. The van der Waals surface area contributed by atoms with Gasteiger partial charge in [-0.25, -0.2) is 0 Å². The van der Waals surface area contributed by atoms with E-state index in [1.165, 1.54) is 7.11 Å². The van der Waals surface area contributed by atoms with E-state index in [4.69, 9.17) is 4.74 Å². The third-order valence-electron chi connectivity index (χ3n) is 3.31. The summed E-state index contributed by atoms with van der Waals surface area (Å²) in [5, 5.41) is 10.3. The highest BCUT2D eigenvalue weighted by molar-refractivity contribution is 5.73. The summed E-state index contributed by atoms with van der Waals surface area (Å²) in [4.78, 5) is 11.5. The average Bonchev–Trinajstić information content (AvgIpc) is 2.47. The molecular formula is C11H20O3. The summed E-state index contributed by atoms with van der Waals surface area (Å²) in [5.74, 6) is -0.111. The van der Waals surface area contributed by atoms with Crippen LogP contribution >= 0.6 is 0 Å². The number of rotatable bonds is 3. The van der Waals surface area contributed by atoms with Crippen molar-refractivity contribution in [2.75, 3.05) is 7.11 Å². The lowest BCUT2D eigenvalue weighted by molar-refractivity contribution is -0.156. The number of carbonyl (C=O) groups excluding carboxylic acids is 1. The maximum Gasteiger partial charge on any atom is 0.311 e. The predicted molar refractivity (Wildman–Crippen MR) is 53.8 cm³/mol. The first kappa shape index (κ1) is 11.5. The molecule has 0 saturated heterocycles. The number of ether oxygens (including phenoxy) is 1. The lowest BCUT2D eigenvalue weighted by atomic mass is 9.83. The van der Waals surface area contributed by atoms with E-state index >= 15 is 0 Å². The summed E-state index contributed by atoms with van der Waals surface area (Å²) in [6.45, 7) is 4.03. The number of esters is 1. The molecule has 0 heterocycles. The topological polar surface area (TPSA) is 46.5 Å². The molecule has 1 aliphatic rings. The maximum atomic E-state index is 11.5. The second-order valence-electron chi connectivity index (χ2n) is 4.44. The Balaban J connectivity index is 2.73. The van der Waals surface area contributed by atoms with E-state index in [9.17, 15) is 9.90 Å². The van der Waals surface area contributed by atoms with Gasteiger partial charge in [0, 0.05) is 0 Å². The van der Waals surface area contributed by atoms with Crippen LogP contribution in [0.1, 0.15) is 39.5 Å². The fraction of sp³-hybridized carbons (Fsp3) is 0.909. The largest absolute Gasteiger partial charge is 0.469 e. The highest BCUT2D eigenvalue weighted by Crippen LogP contribution is 2.41. The van der Waals surface area contributed by atoms with Gasteiger partial charge >= 0.3 is 5.97 Å². The lowest BCUT2D eigenvalue weighted by Crippen LogP contribution is -2.40. The molecule has 3 atom stereocenters. The van der Waals surface area contributed by atoms with Crippen molar-refractivity contribution in [1.29, 1.82) is 0 Å². The molecule has 1 aliphatic carbocycles. The van der Waals surface area contributed by atoms with Gasteiger partial charge in [-0.3, -0.25) is 4.79 Å². The van der Waals surface area contributed by atoms with Crippen LogP contribution in [0.2, 0.25) is 0 Å². The van der Waals surface area contributed by atoms with E-state index in [0.29, 0.717) is 12.3 Å². The Bertz CT molecular complexity index is 215. The van der Waals surface area contributed by atoms with Crippen molar-refractivity contribution >= 4 is 5.97 Å². The van der Waals surface area contributed by atoms with Crippen LogP contribution in [0.5, 0.6) is 0 Å². The molecule has 1 N–H and O–H groups in total. The van der Waals surface area contributed by atoms with E-state index < -0.39 is 5.60 Å². The molecule has 82 valence electrons. The van der Waals surface area contributed by atoms with Crippen LogP contribution in [0, 0.1) is 11.8 Å². The molecular weight excluding hydrogens is 180 g/mol. The van der Waals surface area contributed by atoms with Gasteiger partial charge in [0.1, 0.15) is 0 Å². The van der Waals surface area contributed by atoms with E-state index in [1.807, 2.05) is 6.92 Å². The highest BCUT2D eigenvalue weighted by Gasteiger charge is 2.45. The number of aliphatic hydroxyl groups is 1. The SMILES string of the molecule is CCC(C(=O)OC)C1(O)CCC(C)C1. The molecule has 1 saturated carbocycles. The molecule has 0 aromatic carbocycles. The van der Waals surface area contributed by atoms with Crippen molar-refractivity contribution < 1.29 is 14.6 Å². The van der Waals surface area contributed by atoms with E-state index in [0.717, 1.165) is 19.3 Å². The fourth-order valence-electron chi connectivity index (χ4n) is 2.53. The Morgan fingerprint density at radius 2 is 2.36 bits per heavy atom. The molecule has 0 bridgehead atoms. The second kappa shape index (κ2) is 4.30. The second-order valence-corrected chi connectivity index (χ2v) is 4.44. The Kier molecular flexibility index (Phi) is 3.53. The Hall–Kier alpha value is -0.570. The van der Waals surface area contributed by atoms with Crippen molar-refractivity contribution in [1.82, 2.24) is 0 Å². The zero-order chi connectivity index (χ0) is 10.8. The molecule has 1 rings (SSSR count). The molecule has 0 radical (unpaired) electrons. The van der Waals surface area contributed by atoms with Gasteiger partial charge < -0.3 is 9.84 Å². The third kappa shape index (κ3) is 2.08. The summed E-state index contributed by atoms with van der Waals surface area (Å²) < 4.78 is 4.72. The van der Waals surface area contributed by atoms with Crippen LogP contribution in [0.15, 0.2) is 0 Å². The summed E-state index contributed by atoms with van der Waals surface area (Å²) in [6, 6.07) is 0. The molecule has 0 aliphatic heterocycles. The molecule has 0 aromatic heterocycles. The number of carbonyl (C=O) groups is 1. The monoisotopic (exact) mass is 200 g/mol. The minimum Gasteiger partial charge on any atom is -0.469 e. The van der Waals surface area contributed by atoms with Gasteiger partial charge in [0.05, 0.1) is 18.6 Å². The molecule has 3 unspecified atom stereocenters. The lowest BCUT2D eigenvalue weighted by Gasteiger charge is -2.30. The molecule has 3 heteroatoms. The van der Waals surface area contributed by atoms with Crippen LogP contribution < -0.4 is 0 Å². The first-order chi connectivity index (χ1) is 6.53. The summed E-state index contributed by atoms with van der Waals surface area (Å²) in [6.07, 6.45) is 3.10. The minimum absolute atomic E-state index is 0.274. The standard InChI is InChI=1S/C11H20O3/c1-4-9(10(12)14-3)11(13)6-5-8(2)7-11/h8-9,13H,4-7H2,1-3H3. The summed E-state index contributed by atoms with van der Waals surface area (Å²) in [5.41, 5.74) is -0.818. The first-order valence-corrected chi connectivity index (χ1v) is 5.33. The van der Waals surface area contributed by atoms with Gasteiger partial charge in [-0.15, -0.1) is 0 Å². The fourth-order valence-corrected chi connectivity index (χ4v) is 2.53. The van der Waals surface area contributed by atoms with Gasteiger partial charge in [0.15, 0.2) is 0 Å². The molecule has 0 aromatic rings. The van der Waals surface area contributed by atoms with Gasteiger partial charge in [0.25, 0.3) is 0 Å². The number of methoxy groups -OCH3 is 1. The van der Waals surface area contributed by atoms with Crippen LogP contribution in [0.4, 0.5) is 0 Å². The van der Waals surface area contributed by atoms with E-state index in [-0.39, 0.29) is 11.9 Å². The zero-order valence-electron chi connectivity index (χ0n) is 9.25. The van der Waals surface area contributed by atoms with E-state index in [2.05, 4.69) is 6.92 Å². The zero-order valence-corrected chi connectivity index (χ0v) is 9.25. The molecule has 0 amide bonds. The van der Waals surface area contributed by atoms with Gasteiger partial charge in [-0.2, -0.15) is 0 Å². The van der Waals surface area contributed by atoms with Crippen LogP contribution in [0.3, 0.4) is 0 Å². The minimum atomic E-state index is -0.818. The quantitative estimate of drug-likeness (QED) is 0.706. The van der Waals surface area contributed by atoms with Gasteiger partial charge in [-0.1, -0.05) is 13.8 Å². The summed E-state index contributed by atoms with van der Waals surface area (Å²) >= 11 is 0. The Morgan fingerprint density at radius 3 is 2.71 bits per heavy atom. The highest BCUT2D eigenvalue weighted by atomic mass is 16.5. The molecule has 14 heavy (non-hydrogen) atoms. The van der Waals surface area contributed by atoms with Crippen LogP contribution in [-0.2, 0) is 9.53 Å². The number of hydrogen-bond donors (Lipinski definition) is 1. The normalized spacial score (nSPS) is 34.1. The van der Waals surface area contributed by atoms with Crippen LogP contribution in [-0.4, -0.2) is 23.8 Å². The maximum absolute atomic E-state index is 11.5. The molecule has 1 fully saturated rings. The van der Waals surface area contributed by atoms with Crippen molar-refractivity contribution in [2.24, 2.45) is 11.8 Å². The number of hydrogen-bond acceptors (Lipinski definition) is 3. The Labute approximate surface area is 85.5 Å². The first-order valence-electron chi connectivity index (χ1n) is 5.33. The predicted octanol–water partition coefficient (Wildman–Crippen LogP) is 1.74. The average molecular weight is 200 g/mol. The van der Waals surface area contributed by atoms with Crippen molar-refractivity contribution in [3.63, 3.8) is 0 Å². The third-order valence-corrected chi connectivity index (χ3v) is 3.31. The van der Waals surface area contributed by atoms with Crippen LogP contribution in [0.25, 0.3) is 0 Å². The van der Waals surface area contributed by atoms with Crippen molar-refractivity contribution in [3.8, 4) is 0 Å². The summed E-state index contributed by atoms with van der Waals surface area (Å²) in [7, 11) is 1.38. The molecule has 3 nitrogen and oxygen atoms in total. The Morgan fingerprint density at radius 1 is 1.71 bits per heavy atom. The van der Waals surface area contributed by atoms with Gasteiger partial charge in [0.2, 0.25) is 0 Å². The molecule has 0 spiro atoms. The van der Waals surface area contributed by atoms with Crippen molar-refractivity contribution in [2.45, 2.75) is 45.1 Å².